The van der Waals surface area contributed by atoms with Gasteiger partial charge in [-0.3, -0.25) is 4.98 Å². The Hall–Kier alpha value is -1.56. The van der Waals surface area contributed by atoms with Gasteiger partial charge in [0.05, 0.1) is 16.1 Å². The van der Waals surface area contributed by atoms with E-state index >= 15 is 0 Å². The topological polar surface area (TPSA) is 51.8 Å². The van der Waals surface area contributed by atoms with Crippen LogP contribution in [0.4, 0.5) is 0 Å². The van der Waals surface area contributed by atoms with Crippen molar-refractivity contribution < 1.29 is 0 Å². The van der Waals surface area contributed by atoms with Crippen LogP contribution in [0.3, 0.4) is 0 Å². The summed E-state index contributed by atoms with van der Waals surface area (Å²) in [4.78, 5) is 11.0. The number of hydrogen-bond acceptors (Lipinski definition) is 5. The second kappa shape index (κ2) is 4.97. The van der Waals surface area contributed by atoms with Crippen molar-refractivity contribution in [2.75, 3.05) is 0 Å². The second-order valence-electron chi connectivity index (χ2n) is 3.73. The lowest BCUT2D eigenvalue weighted by Gasteiger charge is -1.98. The monoisotopic (exact) mass is 273 g/mol. The Bertz CT molecular complexity index is 630. The SMILES string of the molecule is NCc1sc(-c2cncs2)nc1-c1ccccc1. The van der Waals surface area contributed by atoms with Gasteiger partial charge >= 0.3 is 0 Å². The Morgan fingerprint density at radius 2 is 2.00 bits per heavy atom. The molecule has 1 aromatic carbocycles. The molecule has 18 heavy (non-hydrogen) atoms. The van der Waals surface area contributed by atoms with Gasteiger partial charge < -0.3 is 5.73 Å². The van der Waals surface area contributed by atoms with Gasteiger partial charge in [-0.15, -0.1) is 22.7 Å². The van der Waals surface area contributed by atoms with Crippen molar-refractivity contribution in [3.8, 4) is 21.1 Å². The highest BCUT2D eigenvalue weighted by molar-refractivity contribution is 7.21. The molecule has 0 aliphatic heterocycles. The molecule has 5 heteroatoms. The number of nitrogens with two attached hydrogens (primary N) is 1. The average molecular weight is 273 g/mol. The van der Waals surface area contributed by atoms with E-state index < -0.39 is 0 Å². The molecule has 3 nitrogen and oxygen atoms in total. The van der Waals surface area contributed by atoms with Crippen LogP contribution in [0.5, 0.6) is 0 Å². The van der Waals surface area contributed by atoms with Crippen molar-refractivity contribution in [2.24, 2.45) is 5.73 Å². The van der Waals surface area contributed by atoms with Crippen molar-refractivity contribution in [3.05, 3.63) is 46.9 Å². The number of benzene rings is 1. The fourth-order valence-electron chi connectivity index (χ4n) is 1.74. The molecule has 0 aliphatic rings. The van der Waals surface area contributed by atoms with E-state index in [1.807, 2.05) is 29.9 Å². The van der Waals surface area contributed by atoms with Crippen LogP contribution in [-0.2, 0) is 6.54 Å². The fourth-order valence-corrected chi connectivity index (χ4v) is 3.38. The molecule has 2 N–H and O–H groups in total. The molecule has 2 heterocycles. The van der Waals surface area contributed by atoms with Gasteiger partial charge in [0, 0.05) is 23.2 Å². The highest BCUT2D eigenvalue weighted by Gasteiger charge is 2.13. The molecule has 3 aromatic rings. The van der Waals surface area contributed by atoms with Gasteiger partial charge in [0.2, 0.25) is 0 Å². The summed E-state index contributed by atoms with van der Waals surface area (Å²) in [6, 6.07) is 10.2. The lowest BCUT2D eigenvalue weighted by Crippen LogP contribution is -1.95. The molecule has 0 amide bonds. The maximum absolute atomic E-state index is 5.81. The van der Waals surface area contributed by atoms with Crippen LogP contribution < -0.4 is 5.73 Å². The Balaban J connectivity index is 2.10. The van der Waals surface area contributed by atoms with Gasteiger partial charge in [0.25, 0.3) is 0 Å². The molecule has 2 aromatic heterocycles. The van der Waals surface area contributed by atoms with E-state index in [4.69, 9.17) is 10.7 Å². The third-order valence-corrected chi connectivity index (χ3v) is 4.59. The number of nitrogens with zero attached hydrogens (tertiary/aromatic N) is 2. The van der Waals surface area contributed by atoms with Crippen molar-refractivity contribution in [2.45, 2.75) is 6.54 Å². The Morgan fingerprint density at radius 3 is 2.67 bits per heavy atom. The normalized spacial score (nSPS) is 10.7. The summed E-state index contributed by atoms with van der Waals surface area (Å²) in [6.45, 7) is 0.515. The zero-order chi connectivity index (χ0) is 12.4. The fraction of sp³-hybridized carbons (Fsp3) is 0.0769. The maximum atomic E-state index is 5.81. The van der Waals surface area contributed by atoms with E-state index in [2.05, 4.69) is 17.1 Å². The molecule has 3 rings (SSSR count). The zero-order valence-corrected chi connectivity index (χ0v) is 11.2. The van der Waals surface area contributed by atoms with Gasteiger partial charge in [-0.1, -0.05) is 30.3 Å². The smallest absolute Gasteiger partial charge is 0.136 e. The highest BCUT2D eigenvalue weighted by Crippen LogP contribution is 2.34. The second-order valence-corrected chi connectivity index (χ2v) is 5.70. The lowest BCUT2D eigenvalue weighted by molar-refractivity contribution is 1.10. The summed E-state index contributed by atoms with van der Waals surface area (Å²) in [7, 11) is 0. The van der Waals surface area contributed by atoms with Crippen LogP contribution in [0.15, 0.2) is 42.0 Å². The third kappa shape index (κ3) is 2.08. The minimum absolute atomic E-state index is 0.515. The zero-order valence-electron chi connectivity index (χ0n) is 9.54. The molecule has 0 spiro atoms. The largest absolute Gasteiger partial charge is 0.326 e. The van der Waals surface area contributed by atoms with Crippen molar-refractivity contribution in [1.82, 2.24) is 9.97 Å². The van der Waals surface area contributed by atoms with Crippen molar-refractivity contribution in [3.63, 3.8) is 0 Å². The number of aromatic nitrogens is 2. The van der Waals surface area contributed by atoms with Crippen molar-refractivity contribution >= 4 is 22.7 Å². The van der Waals surface area contributed by atoms with Gasteiger partial charge in [0.15, 0.2) is 0 Å². The third-order valence-electron chi connectivity index (χ3n) is 2.57. The first-order valence-electron chi connectivity index (χ1n) is 5.52. The highest BCUT2D eigenvalue weighted by atomic mass is 32.1. The Kier molecular flexibility index (Phi) is 3.19. The van der Waals surface area contributed by atoms with Crippen LogP contribution in [-0.4, -0.2) is 9.97 Å². The standard InChI is InChI=1S/C13H11N3S2/c14-6-10-12(9-4-2-1-3-5-9)16-13(18-10)11-7-15-8-17-11/h1-5,7-8H,6,14H2. The van der Waals surface area contributed by atoms with E-state index in [0.717, 1.165) is 26.0 Å². The predicted molar refractivity (Wildman–Crippen MR) is 76.5 cm³/mol. The van der Waals surface area contributed by atoms with E-state index in [1.54, 1.807) is 22.7 Å². The van der Waals surface area contributed by atoms with E-state index in [-0.39, 0.29) is 0 Å². The number of hydrogen-bond donors (Lipinski definition) is 1. The van der Waals surface area contributed by atoms with E-state index in [9.17, 15) is 0 Å². The Morgan fingerprint density at radius 1 is 1.17 bits per heavy atom. The van der Waals surface area contributed by atoms with Crippen LogP contribution >= 0.6 is 22.7 Å². The molecule has 0 unspecified atom stereocenters. The summed E-state index contributed by atoms with van der Waals surface area (Å²) < 4.78 is 0. The van der Waals surface area contributed by atoms with Crippen LogP contribution in [0.1, 0.15) is 4.88 Å². The van der Waals surface area contributed by atoms with Gasteiger partial charge in [-0.25, -0.2) is 4.98 Å². The predicted octanol–water partition coefficient (Wildman–Crippen LogP) is 3.39. The van der Waals surface area contributed by atoms with Crippen LogP contribution in [0, 0.1) is 0 Å². The summed E-state index contributed by atoms with van der Waals surface area (Å²) in [6.07, 6.45) is 1.85. The molecule has 90 valence electrons. The molecule has 0 bridgehead atoms. The molecule has 0 saturated carbocycles. The summed E-state index contributed by atoms with van der Waals surface area (Å²) >= 11 is 3.25. The molecule has 0 fully saturated rings. The molecule has 0 aliphatic carbocycles. The summed E-state index contributed by atoms with van der Waals surface area (Å²) in [5.41, 5.74) is 9.74. The molecule has 0 atom stereocenters. The van der Waals surface area contributed by atoms with E-state index in [0.29, 0.717) is 6.54 Å². The van der Waals surface area contributed by atoms with Gasteiger partial charge in [-0.2, -0.15) is 0 Å². The number of thiazole rings is 2. The minimum Gasteiger partial charge on any atom is -0.326 e. The minimum atomic E-state index is 0.515. The molecular weight excluding hydrogens is 262 g/mol. The van der Waals surface area contributed by atoms with Gasteiger partial charge in [-0.05, 0) is 0 Å². The van der Waals surface area contributed by atoms with Crippen molar-refractivity contribution in [1.29, 1.82) is 0 Å². The number of rotatable bonds is 3. The maximum Gasteiger partial charge on any atom is 0.136 e. The van der Waals surface area contributed by atoms with Crippen LogP contribution in [0.2, 0.25) is 0 Å². The molecule has 0 saturated heterocycles. The quantitative estimate of drug-likeness (QED) is 0.795. The first-order valence-corrected chi connectivity index (χ1v) is 7.22. The average Bonchev–Trinajstić information content (AvgIpc) is 3.08. The summed E-state index contributed by atoms with van der Waals surface area (Å²) in [5, 5.41) is 0.997. The van der Waals surface area contributed by atoms with Crippen LogP contribution in [0.25, 0.3) is 21.1 Å². The molecular formula is C13H11N3S2. The summed E-state index contributed by atoms with van der Waals surface area (Å²) in [5.74, 6) is 0. The van der Waals surface area contributed by atoms with E-state index in [1.165, 1.54) is 0 Å². The first kappa shape index (κ1) is 11.5. The Labute approximate surface area is 113 Å². The molecule has 0 radical (unpaired) electrons. The first-order chi connectivity index (χ1) is 8.88. The lowest BCUT2D eigenvalue weighted by atomic mass is 10.1. The van der Waals surface area contributed by atoms with Gasteiger partial charge in [0.1, 0.15) is 5.01 Å².